The second-order valence-electron chi connectivity index (χ2n) is 6.80. The van der Waals surface area contributed by atoms with Gasteiger partial charge in [-0.1, -0.05) is 0 Å². The largest absolute Gasteiger partial charge is 1.00 e. The first-order valence-corrected chi connectivity index (χ1v) is 11.8. The molecule has 0 aromatic heterocycles. The normalized spacial score (nSPS) is 14.2. The van der Waals surface area contributed by atoms with E-state index in [4.69, 9.17) is 0 Å². The van der Waals surface area contributed by atoms with Gasteiger partial charge in [-0.15, -0.1) is 0 Å². The molecule has 2 aromatic rings. The van der Waals surface area contributed by atoms with Crippen molar-refractivity contribution in [3.63, 3.8) is 0 Å². The van der Waals surface area contributed by atoms with E-state index in [2.05, 4.69) is 91.0 Å². The minimum Gasteiger partial charge on any atom is -1.00 e. The molecule has 0 amide bonds. The Labute approximate surface area is 192 Å². The van der Waals surface area contributed by atoms with Crippen molar-refractivity contribution in [1.29, 1.82) is 0 Å². The van der Waals surface area contributed by atoms with Crippen molar-refractivity contribution in [2.75, 3.05) is 0 Å². The molecule has 0 heterocycles. The Kier molecular flexibility index (Phi) is 9.59. The third kappa shape index (κ3) is 5.87. The van der Waals surface area contributed by atoms with Gasteiger partial charge in [0.15, 0.2) is 0 Å². The fraction of sp³-hybridized carbons (Fsp3) is 0.160. The van der Waals surface area contributed by atoms with Crippen molar-refractivity contribution in [2.24, 2.45) is 0 Å². The van der Waals surface area contributed by atoms with Crippen molar-refractivity contribution >= 4 is 3.21 Å². The molecule has 3 heteroatoms. The molecule has 0 saturated carbocycles. The van der Waals surface area contributed by atoms with Gasteiger partial charge in [-0.05, 0) is 0 Å². The minimum atomic E-state index is -0.826. The van der Waals surface area contributed by atoms with Gasteiger partial charge in [-0.25, -0.2) is 0 Å². The van der Waals surface area contributed by atoms with E-state index in [1.165, 1.54) is 30.4 Å². The van der Waals surface area contributed by atoms with Crippen LogP contribution in [-0.4, -0.2) is 3.21 Å². The first-order chi connectivity index (χ1) is 12.9. The Bertz CT molecular complexity index is 878. The molecule has 0 N–H and O–H groups in total. The van der Waals surface area contributed by atoms with E-state index in [9.17, 15) is 0 Å². The summed E-state index contributed by atoms with van der Waals surface area (Å²) in [6.07, 6.45) is 16.3. The van der Waals surface area contributed by atoms with Crippen molar-refractivity contribution in [1.82, 2.24) is 0 Å². The number of allylic oxidation sites excluding steroid dienone is 8. The molecule has 0 fully saturated rings. The molecule has 4 rings (SSSR count). The maximum atomic E-state index is 2.40. The van der Waals surface area contributed by atoms with E-state index in [0.29, 0.717) is 0 Å². The van der Waals surface area contributed by atoms with E-state index in [1.807, 2.05) is 0 Å². The Morgan fingerprint density at radius 3 is 1.96 bits per heavy atom. The molecule has 2 aliphatic rings. The smallest absolute Gasteiger partial charge is 1.00 e. The molecule has 0 radical (unpaired) electrons. The Hall–Kier alpha value is -1.27. The molecule has 2 aliphatic carbocycles. The van der Waals surface area contributed by atoms with Gasteiger partial charge < -0.3 is 24.8 Å². The van der Waals surface area contributed by atoms with Gasteiger partial charge in [0.05, 0.1) is 0 Å². The summed E-state index contributed by atoms with van der Waals surface area (Å²) in [6, 6.07) is 22.0. The maximum absolute atomic E-state index is 2.40. The van der Waals surface area contributed by atoms with Gasteiger partial charge in [0, 0.05) is 0 Å². The molecule has 0 unspecified atom stereocenters. The van der Waals surface area contributed by atoms with Crippen LogP contribution in [0.5, 0.6) is 0 Å². The summed E-state index contributed by atoms with van der Waals surface area (Å²) in [7, 11) is 0. The Morgan fingerprint density at radius 2 is 1.39 bits per heavy atom. The zero-order valence-corrected chi connectivity index (χ0v) is 19.7. The van der Waals surface area contributed by atoms with Crippen LogP contribution >= 0.6 is 0 Å². The topological polar surface area (TPSA) is 0 Å². The van der Waals surface area contributed by atoms with Crippen molar-refractivity contribution in [3.05, 3.63) is 117 Å². The average molecular weight is 486 g/mol. The zero-order chi connectivity index (χ0) is 17.6. The number of hydrogen-bond donors (Lipinski definition) is 0. The molecule has 2 aromatic carbocycles. The molecule has 0 nitrogen and oxygen atoms in total. The molecule has 28 heavy (non-hydrogen) atoms. The zero-order valence-electron chi connectivity index (χ0n) is 15.7. The summed E-state index contributed by atoms with van der Waals surface area (Å²) in [5.41, 5.74) is 6.02. The molecule has 0 spiro atoms. The predicted molar refractivity (Wildman–Crippen MR) is 108 cm³/mol. The minimum absolute atomic E-state index is 0. The van der Waals surface area contributed by atoms with Crippen LogP contribution in [0.1, 0.15) is 36.8 Å². The van der Waals surface area contributed by atoms with Crippen LogP contribution < -0.4 is 24.8 Å². The second-order valence-corrected chi connectivity index (χ2v) is 10.1. The molecular formula is C25H23Cl2Zr. The van der Waals surface area contributed by atoms with E-state index >= 15 is 0 Å². The summed E-state index contributed by atoms with van der Waals surface area (Å²) < 4.78 is 3.36. The SMILES string of the molecule is C1=CCC(CCC2=[C]([Zr+2]=[C](c3ccccc3)c3ccccc3)CC=C2)=C1.[Cl-].[Cl-]. The van der Waals surface area contributed by atoms with Crippen LogP contribution in [0.15, 0.2) is 105 Å². The molecule has 0 bridgehead atoms. The fourth-order valence-electron chi connectivity index (χ4n) is 3.56. The first kappa shape index (κ1) is 23.0. The predicted octanol–water partition coefficient (Wildman–Crippen LogP) is 0.226. The number of hydrogen-bond acceptors (Lipinski definition) is 0. The van der Waals surface area contributed by atoms with Gasteiger partial charge in [0.25, 0.3) is 0 Å². The monoisotopic (exact) mass is 483 g/mol. The number of halogens is 2. The number of rotatable bonds is 6. The Balaban J connectivity index is 0.00000140. The third-order valence-corrected chi connectivity index (χ3v) is 9.06. The average Bonchev–Trinajstić information content (AvgIpc) is 3.37. The summed E-state index contributed by atoms with van der Waals surface area (Å²) in [5.74, 6) is 0. The quantitative estimate of drug-likeness (QED) is 0.550. The summed E-state index contributed by atoms with van der Waals surface area (Å²) in [4.78, 5) is 0. The van der Waals surface area contributed by atoms with Crippen molar-refractivity contribution in [3.8, 4) is 0 Å². The fourth-order valence-corrected chi connectivity index (χ4v) is 7.28. The maximum Gasteiger partial charge on any atom is -1.00 e. The standard InChI is InChI=1S/C13H10.C12H13.2ClH.Zr/c1-3-7-12(8-4-1)11-13-9-5-2-6-10-13;1-2-6-11(5-1)9-10-12-7-3-4-8-12;;;/h1-10H;1-3,5,7H,4,6,9-10H2;2*1H;/q;;;;+2/p-2. The molecule has 0 saturated heterocycles. The van der Waals surface area contributed by atoms with Crippen LogP contribution in [-0.2, 0) is 22.8 Å². The van der Waals surface area contributed by atoms with Gasteiger partial charge in [-0.3, -0.25) is 0 Å². The third-order valence-electron chi connectivity index (χ3n) is 4.99. The van der Waals surface area contributed by atoms with Gasteiger partial charge in [0.1, 0.15) is 0 Å². The van der Waals surface area contributed by atoms with Crippen molar-refractivity contribution in [2.45, 2.75) is 25.7 Å². The Morgan fingerprint density at radius 1 is 0.750 bits per heavy atom. The van der Waals surface area contributed by atoms with Gasteiger partial charge >= 0.3 is 168 Å². The van der Waals surface area contributed by atoms with Crippen LogP contribution in [0, 0.1) is 0 Å². The van der Waals surface area contributed by atoms with E-state index in [0.717, 1.165) is 6.42 Å². The van der Waals surface area contributed by atoms with E-state index in [-0.39, 0.29) is 24.8 Å². The van der Waals surface area contributed by atoms with Crippen molar-refractivity contribution < 1.29 is 47.6 Å². The van der Waals surface area contributed by atoms with Gasteiger partial charge in [0.2, 0.25) is 0 Å². The molecule has 0 atom stereocenters. The van der Waals surface area contributed by atoms with E-state index < -0.39 is 22.8 Å². The first-order valence-electron chi connectivity index (χ1n) is 9.38. The van der Waals surface area contributed by atoms with Gasteiger partial charge in [-0.2, -0.15) is 0 Å². The molecule has 141 valence electrons. The van der Waals surface area contributed by atoms with Crippen LogP contribution in [0.3, 0.4) is 0 Å². The summed E-state index contributed by atoms with van der Waals surface area (Å²) in [6.45, 7) is 0. The summed E-state index contributed by atoms with van der Waals surface area (Å²) >= 11 is -0.826. The second kappa shape index (κ2) is 11.7. The van der Waals surface area contributed by atoms with E-state index in [1.54, 1.807) is 17.6 Å². The van der Waals surface area contributed by atoms with Crippen LogP contribution in [0.2, 0.25) is 0 Å². The molecular weight excluding hydrogens is 462 g/mol. The molecule has 0 aliphatic heterocycles. The van der Waals surface area contributed by atoms with Crippen LogP contribution in [0.4, 0.5) is 0 Å². The summed E-state index contributed by atoms with van der Waals surface area (Å²) in [5, 5.41) is 0. The number of benzene rings is 2. The van der Waals surface area contributed by atoms with Crippen LogP contribution in [0.25, 0.3) is 0 Å².